The van der Waals surface area contributed by atoms with Gasteiger partial charge in [0.05, 0.1) is 11.4 Å². The first-order chi connectivity index (χ1) is 11.8. The molecule has 2 aromatic carbocycles. The molecular formula is C21H16N2O. The summed E-state index contributed by atoms with van der Waals surface area (Å²) in [6.07, 6.45) is 10.8. The molecule has 24 heavy (non-hydrogen) atoms. The molecule has 1 heterocycles. The molecule has 0 unspecified atom stereocenters. The van der Waals surface area contributed by atoms with Crippen molar-refractivity contribution in [2.45, 2.75) is 0 Å². The van der Waals surface area contributed by atoms with Crippen molar-refractivity contribution in [1.29, 1.82) is 0 Å². The van der Waals surface area contributed by atoms with Crippen LogP contribution in [0.5, 0.6) is 5.75 Å². The lowest BCUT2D eigenvalue weighted by Crippen LogP contribution is -1.94. The zero-order valence-electron chi connectivity index (χ0n) is 13.1. The molecule has 0 aliphatic rings. The second-order valence-electron chi connectivity index (χ2n) is 5.09. The topological polar surface area (TPSA) is 35.0 Å². The fourth-order valence-corrected chi connectivity index (χ4v) is 2.24. The van der Waals surface area contributed by atoms with Crippen molar-refractivity contribution in [3.8, 4) is 29.4 Å². The largest absolute Gasteiger partial charge is 0.481 e. The van der Waals surface area contributed by atoms with Crippen molar-refractivity contribution in [1.82, 2.24) is 9.97 Å². The number of aromatic nitrogens is 2. The van der Waals surface area contributed by atoms with Crippen molar-refractivity contribution >= 4 is 12.2 Å². The Hall–Kier alpha value is -3.38. The first kappa shape index (κ1) is 15.5. The van der Waals surface area contributed by atoms with Gasteiger partial charge in [0.15, 0.2) is 0 Å². The van der Waals surface area contributed by atoms with Gasteiger partial charge in [0, 0.05) is 5.56 Å². The third kappa shape index (κ3) is 4.08. The second-order valence-corrected chi connectivity index (χ2v) is 5.09. The van der Waals surface area contributed by atoms with Gasteiger partial charge in [-0.2, -0.15) is 0 Å². The lowest BCUT2D eigenvalue weighted by Gasteiger charge is -2.05. The number of ether oxygens (including phenoxy) is 1. The molecule has 0 saturated heterocycles. The first-order valence-corrected chi connectivity index (χ1v) is 7.57. The molecule has 0 radical (unpaired) electrons. The van der Waals surface area contributed by atoms with Crippen LogP contribution in [0.4, 0.5) is 0 Å². The van der Waals surface area contributed by atoms with E-state index < -0.39 is 0 Å². The maximum absolute atomic E-state index is 5.46. The van der Waals surface area contributed by atoms with Crippen LogP contribution in [0, 0.1) is 12.3 Å². The predicted molar refractivity (Wildman–Crippen MR) is 97.2 cm³/mol. The van der Waals surface area contributed by atoms with Crippen molar-refractivity contribution in [3.05, 3.63) is 78.2 Å². The fourth-order valence-electron chi connectivity index (χ4n) is 2.24. The van der Waals surface area contributed by atoms with E-state index in [-0.39, 0.29) is 6.61 Å². The van der Waals surface area contributed by atoms with Gasteiger partial charge in [-0.1, -0.05) is 54.5 Å². The predicted octanol–water partition coefficient (Wildman–Crippen LogP) is 4.33. The molecule has 3 nitrogen and oxygen atoms in total. The molecule has 3 aromatic rings. The van der Waals surface area contributed by atoms with Crippen LogP contribution in [-0.2, 0) is 0 Å². The summed E-state index contributed by atoms with van der Waals surface area (Å²) in [4.78, 5) is 8.64. The van der Waals surface area contributed by atoms with Gasteiger partial charge in [-0.05, 0) is 29.8 Å². The van der Waals surface area contributed by atoms with Crippen LogP contribution >= 0.6 is 0 Å². The number of hydrogen-bond donors (Lipinski definition) is 0. The zero-order valence-corrected chi connectivity index (χ0v) is 13.1. The van der Waals surface area contributed by atoms with Gasteiger partial charge in [-0.25, -0.2) is 9.97 Å². The highest BCUT2D eigenvalue weighted by molar-refractivity contribution is 5.70. The Labute approximate surface area is 141 Å². The van der Waals surface area contributed by atoms with E-state index in [1.165, 1.54) is 0 Å². The van der Waals surface area contributed by atoms with Gasteiger partial charge in [0.25, 0.3) is 0 Å². The summed E-state index contributed by atoms with van der Waals surface area (Å²) in [5, 5.41) is 0. The molecule has 0 N–H and O–H groups in total. The lowest BCUT2D eigenvalue weighted by atomic mass is 10.1. The van der Waals surface area contributed by atoms with Crippen molar-refractivity contribution in [3.63, 3.8) is 0 Å². The van der Waals surface area contributed by atoms with Crippen molar-refractivity contribution in [2.24, 2.45) is 0 Å². The molecule has 0 atom stereocenters. The second kappa shape index (κ2) is 7.75. The van der Waals surface area contributed by atoms with E-state index in [0.29, 0.717) is 0 Å². The minimum absolute atomic E-state index is 0.248. The number of rotatable bonds is 5. The first-order valence-electron chi connectivity index (χ1n) is 7.57. The Kier molecular flexibility index (Phi) is 5.01. The van der Waals surface area contributed by atoms with E-state index in [1.54, 1.807) is 6.33 Å². The Morgan fingerprint density at radius 3 is 2.67 bits per heavy atom. The summed E-state index contributed by atoms with van der Waals surface area (Å²) in [6.45, 7) is 0.248. The minimum atomic E-state index is 0.248. The van der Waals surface area contributed by atoms with Crippen LogP contribution in [0.3, 0.4) is 0 Å². The van der Waals surface area contributed by atoms with Crippen LogP contribution in [0.15, 0.2) is 67.0 Å². The van der Waals surface area contributed by atoms with Crippen LogP contribution in [-0.4, -0.2) is 16.6 Å². The average Bonchev–Trinajstić information content (AvgIpc) is 2.66. The van der Waals surface area contributed by atoms with Crippen molar-refractivity contribution in [2.75, 3.05) is 6.61 Å². The molecule has 3 heteroatoms. The summed E-state index contributed by atoms with van der Waals surface area (Å²) < 4.78 is 5.46. The van der Waals surface area contributed by atoms with Crippen LogP contribution < -0.4 is 4.74 Å². The Bertz CT molecular complexity index is 880. The summed E-state index contributed by atoms with van der Waals surface area (Å²) in [5.74, 6) is 3.19. The molecule has 0 spiro atoms. The highest BCUT2D eigenvalue weighted by Gasteiger charge is 2.02. The SMILES string of the molecule is C#CCOc1cccc(-c2cc(/C=C/c3ccccc3)ncn2)c1. The molecule has 3 rings (SSSR count). The van der Waals surface area contributed by atoms with Gasteiger partial charge in [0.2, 0.25) is 0 Å². The monoisotopic (exact) mass is 312 g/mol. The molecular weight excluding hydrogens is 296 g/mol. The standard InChI is InChI=1S/C21H16N2O/c1-2-13-24-20-10-6-9-18(14-20)21-15-19(22-16-23-21)12-11-17-7-4-3-5-8-17/h1,3-12,14-16H,13H2/b12-11+. The molecule has 0 aliphatic heterocycles. The molecule has 0 bridgehead atoms. The van der Waals surface area contributed by atoms with Gasteiger partial charge in [-0.15, -0.1) is 6.42 Å². The molecule has 0 fully saturated rings. The molecule has 116 valence electrons. The normalized spacial score (nSPS) is 10.5. The van der Waals surface area contributed by atoms with Gasteiger partial charge < -0.3 is 4.74 Å². The fraction of sp³-hybridized carbons (Fsp3) is 0.0476. The maximum Gasteiger partial charge on any atom is 0.148 e. The number of hydrogen-bond acceptors (Lipinski definition) is 3. The van der Waals surface area contributed by atoms with E-state index in [4.69, 9.17) is 11.2 Å². The Morgan fingerprint density at radius 2 is 1.83 bits per heavy atom. The van der Waals surface area contributed by atoms with Crippen LogP contribution in [0.2, 0.25) is 0 Å². The van der Waals surface area contributed by atoms with Crippen LogP contribution in [0.25, 0.3) is 23.4 Å². The zero-order chi connectivity index (χ0) is 16.6. The third-order valence-electron chi connectivity index (χ3n) is 3.39. The number of nitrogens with zero attached hydrogens (tertiary/aromatic N) is 2. The van der Waals surface area contributed by atoms with Crippen LogP contribution in [0.1, 0.15) is 11.3 Å². The summed E-state index contributed by atoms with van der Waals surface area (Å²) >= 11 is 0. The average molecular weight is 312 g/mol. The molecule has 0 saturated carbocycles. The van der Waals surface area contributed by atoms with E-state index in [0.717, 1.165) is 28.3 Å². The number of terminal acetylenes is 1. The van der Waals surface area contributed by atoms with E-state index in [9.17, 15) is 0 Å². The summed E-state index contributed by atoms with van der Waals surface area (Å²) in [5.41, 5.74) is 3.77. The Balaban J connectivity index is 1.83. The smallest absolute Gasteiger partial charge is 0.148 e. The lowest BCUT2D eigenvalue weighted by molar-refractivity contribution is 0.370. The minimum Gasteiger partial charge on any atom is -0.481 e. The van der Waals surface area contributed by atoms with Gasteiger partial charge >= 0.3 is 0 Å². The van der Waals surface area contributed by atoms with E-state index in [1.807, 2.05) is 72.8 Å². The summed E-state index contributed by atoms with van der Waals surface area (Å²) in [6, 6.07) is 19.7. The van der Waals surface area contributed by atoms with Gasteiger partial charge in [-0.3, -0.25) is 0 Å². The van der Waals surface area contributed by atoms with Gasteiger partial charge in [0.1, 0.15) is 18.7 Å². The molecule has 1 aromatic heterocycles. The maximum atomic E-state index is 5.46. The van der Waals surface area contributed by atoms with E-state index in [2.05, 4.69) is 15.9 Å². The quantitative estimate of drug-likeness (QED) is 0.658. The highest BCUT2D eigenvalue weighted by Crippen LogP contribution is 2.22. The van der Waals surface area contributed by atoms with Crippen molar-refractivity contribution < 1.29 is 4.74 Å². The summed E-state index contributed by atoms with van der Waals surface area (Å²) in [7, 11) is 0. The molecule has 0 amide bonds. The molecule has 0 aliphatic carbocycles. The third-order valence-corrected chi connectivity index (χ3v) is 3.39. The van der Waals surface area contributed by atoms with E-state index >= 15 is 0 Å². The number of benzene rings is 2. The highest BCUT2D eigenvalue weighted by atomic mass is 16.5. The Morgan fingerprint density at radius 1 is 0.958 bits per heavy atom.